The molecule has 0 saturated heterocycles. The van der Waals surface area contributed by atoms with Gasteiger partial charge in [0.15, 0.2) is 0 Å². The number of carboxylic acid groups (broad SMARTS) is 1. The number of nitrogens with zero attached hydrogens (tertiary/aromatic N) is 1. The molecule has 212 valence electrons. The van der Waals surface area contributed by atoms with Crippen molar-refractivity contribution in [1.82, 2.24) is 4.90 Å². The molecule has 0 aliphatic carbocycles. The molecule has 3 rings (SSSR count). The number of aliphatic carboxylic acids is 1. The minimum atomic E-state index is -1.23. The Morgan fingerprint density at radius 1 is 0.805 bits per heavy atom. The highest BCUT2D eigenvalue weighted by Crippen LogP contribution is 2.30. The number of amides is 3. The van der Waals surface area contributed by atoms with Gasteiger partial charge in [-0.05, 0) is 74.4 Å². The van der Waals surface area contributed by atoms with Gasteiger partial charge in [-0.25, -0.2) is 9.59 Å². The fraction of sp³-hybridized carbons (Fsp3) is 0.156. The zero-order valence-corrected chi connectivity index (χ0v) is 24.5. The van der Waals surface area contributed by atoms with Crippen molar-refractivity contribution in [3.05, 3.63) is 119 Å². The average Bonchev–Trinajstić information content (AvgIpc) is 2.89. The second-order valence-electron chi connectivity index (χ2n) is 9.72. The molecule has 3 aromatic carbocycles. The van der Waals surface area contributed by atoms with Crippen LogP contribution < -0.4 is 10.6 Å². The molecule has 0 saturated carbocycles. The summed E-state index contributed by atoms with van der Waals surface area (Å²) < 4.78 is 0. The van der Waals surface area contributed by atoms with Crippen LogP contribution in [-0.2, 0) is 4.79 Å². The Morgan fingerprint density at radius 2 is 1.34 bits per heavy atom. The van der Waals surface area contributed by atoms with Crippen LogP contribution in [0.15, 0.2) is 103 Å². The van der Waals surface area contributed by atoms with Gasteiger partial charge in [-0.15, -0.1) is 0 Å². The number of carbonyl (C=O) groups excluding carboxylic acids is 2. The summed E-state index contributed by atoms with van der Waals surface area (Å²) in [6.07, 6.45) is 0. The van der Waals surface area contributed by atoms with Crippen LogP contribution in [0.2, 0.25) is 10.0 Å². The van der Waals surface area contributed by atoms with Gasteiger partial charge in [0.25, 0.3) is 5.91 Å². The Labute approximate surface area is 249 Å². The third kappa shape index (κ3) is 7.66. The largest absolute Gasteiger partial charge is 0.480 e. The molecule has 0 aromatic heterocycles. The van der Waals surface area contributed by atoms with Crippen LogP contribution in [0.4, 0.5) is 16.2 Å². The first kappa shape index (κ1) is 31.2. The maximum atomic E-state index is 13.5. The number of allylic oxidation sites excluding steroid dienone is 1. The van der Waals surface area contributed by atoms with Crippen LogP contribution >= 0.6 is 23.2 Å². The third-order valence-electron chi connectivity index (χ3n) is 6.33. The van der Waals surface area contributed by atoms with Gasteiger partial charge in [0.1, 0.15) is 6.04 Å². The van der Waals surface area contributed by atoms with E-state index >= 15 is 0 Å². The second kappa shape index (κ2) is 13.4. The molecule has 3 N–H and O–H groups in total. The number of benzene rings is 3. The van der Waals surface area contributed by atoms with Gasteiger partial charge in [0, 0.05) is 27.9 Å². The number of rotatable bonds is 10. The molecule has 3 amide bonds. The predicted molar refractivity (Wildman–Crippen MR) is 167 cm³/mol. The van der Waals surface area contributed by atoms with Crippen molar-refractivity contribution in [2.75, 3.05) is 10.6 Å². The molecule has 41 heavy (non-hydrogen) atoms. The first-order valence-corrected chi connectivity index (χ1v) is 13.3. The van der Waals surface area contributed by atoms with E-state index in [-0.39, 0.29) is 0 Å². The molecule has 0 bridgehead atoms. The standard InChI is InChI=1S/C32H31Cl2N3O4/c1-18(2)28(19(3)4)29(31(39)40)37(20(5)6)30(38)23-9-7-21(8-10-23)22-11-14-25(15-12-22)35-32(41)36-27-16-13-24(33)17-26(27)34/h7-17,28-29H,1,3,5H2,2,4,6H3,(H,39,40)(H2,35,36,41)/t29-/m0/s1. The molecule has 0 heterocycles. The van der Waals surface area contributed by atoms with E-state index in [1.54, 1.807) is 69.3 Å². The summed E-state index contributed by atoms with van der Waals surface area (Å²) >= 11 is 12.0. The first-order valence-electron chi connectivity index (χ1n) is 12.6. The topological polar surface area (TPSA) is 98.7 Å². The number of nitrogens with one attached hydrogen (secondary N) is 2. The molecule has 0 unspecified atom stereocenters. The molecule has 0 fully saturated rings. The normalized spacial score (nSPS) is 11.4. The van der Waals surface area contributed by atoms with E-state index in [1.807, 2.05) is 12.1 Å². The summed E-state index contributed by atoms with van der Waals surface area (Å²) in [5, 5.41) is 16.3. The zero-order chi connectivity index (χ0) is 30.4. The Bertz CT molecular complexity index is 1500. The number of hydrogen-bond acceptors (Lipinski definition) is 3. The van der Waals surface area contributed by atoms with Crippen LogP contribution in [0.1, 0.15) is 31.1 Å². The molecule has 1 atom stereocenters. The lowest BCUT2D eigenvalue weighted by Crippen LogP contribution is -2.48. The van der Waals surface area contributed by atoms with Gasteiger partial charge in [0.05, 0.1) is 10.7 Å². The van der Waals surface area contributed by atoms with Crippen LogP contribution in [-0.4, -0.2) is 34.0 Å². The third-order valence-corrected chi connectivity index (χ3v) is 6.87. The van der Waals surface area contributed by atoms with Crippen molar-refractivity contribution in [3.8, 4) is 11.1 Å². The molecule has 0 spiro atoms. The molecule has 3 aromatic rings. The van der Waals surface area contributed by atoms with Crippen molar-refractivity contribution in [2.45, 2.75) is 26.8 Å². The molecular formula is C32H31Cl2N3O4. The highest BCUT2D eigenvalue weighted by molar-refractivity contribution is 6.36. The number of halogens is 2. The molecule has 0 aliphatic heterocycles. The highest BCUT2D eigenvalue weighted by Gasteiger charge is 2.38. The number of hydrogen-bond donors (Lipinski definition) is 3. The van der Waals surface area contributed by atoms with Gasteiger partial charge >= 0.3 is 12.0 Å². The average molecular weight is 593 g/mol. The van der Waals surface area contributed by atoms with Crippen molar-refractivity contribution in [3.63, 3.8) is 0 Å². The van der Waals surface area contributed by atoms with Crippen molar-refractivity contribution >= 4 is 52.5 Å². The maximum absolute atomic E-state index is 13.5. The van der Waals surface area contributed by atoms with Crippen LogP contribution in [0.3, 0.4) is 0 Å². The molecule has 9 heteroatoms. The summed E-state index contributed by atoms with van der Waals surface area (Å²) in [6.45, 7) is 16.7. The quantitative estimate of drug-likeness (QED) is 0.206. The SMILES string of the molecule is C=C(C)C(C(=C)C)[C@@H](C(=O)O)N(C(=C)C)C(=O)c1ccc(-c2ccc(NC(=O)Nc3ccc(Cl)cc3Cl)cc2)cc1. The lowest BCUT2D eigenvalue weighted by Gasteiger charge is -2.35. The Balaban J connectivity index is 1.76. The molecule has 0 radical (unpaired) electrons. The van der Waals surface area contributed by atoms with Gasteiger partial charge in [0.2, 0.25) is 0 Å². The Hall–Kier alpha value is -4.33. The van der Waals surface area contributed by atoms with Crippen LogP contribution in [0.25, 0.3) is 11.1 Å². The van der Waals surface area contributed by atoms with Crippen LogP contribution in [0, 0.1) is 5.92 Å². The van der Waals surface area contributed by atoms with Gasteiger partial charge in [-0.2, -0.15) is 0 Å². The Morgan fingerprint density at radius 3 is 1.80 bits per heavy atom. The summed E-state index contributed by atoms with van der Waals surface area (Å²) in [4.78, 5) is 39.4. The fourth-order valence-corrected chi connectivity index (χ4v) is 4.92. The maximum Gasteiger partial charge on any atom is 0.327 e. The smallest absolute Gasteiger partial charge is 0.327 e. The van der Waals surface area contributed by atoms with Gasteiger partial charge < -0.3 is 15.7 Å². The minimum absolute atomic E-state index is 0.296. The zero-order valence-electron chi connectivity index (χ0n) is 23.0. The molecular weight excluding hydrogens is 561 g/mol. The summed E-state index contributed by atoms with van der Waals surface area (Å²) in [5.41, 5.74) is 4.43. The predicted octanol–water partition coefficient (Wildman–Crippen LogP) is 8.50. The van der Waals surface area contributed by atoms with Crippen molar-refractivity contribution in [2.24, 2.45) is 5.92 Å². The second-order valence-corrected chi connectivity index (χ2v) is 10.6. The van der Waals surface area contributed by atoms with Crippen molar-refractivity contribution < 1.29 is 19.5 Å². The van der Waals surface area contributed by atoms with E-state index in [9.17, 15) is 19.5 Å². The lowest BCUT2D eigenvalue weighted by atomic mass is 9.85. The number of carbonyl (C=O) groups is 3. The van der Waals surface area contributed by atoms with E-state index < -0.39 is 29.9 Å². The molecule has 0 aliphatic rings. The summed E-state index contributed by atoms with van der Waals surface area (Å²) in [5.74, 6) is -2.31. The monoisotopic (exact) mass is 591 g/mol. The summed E-state index contributed by atoms with van der Waals surface area (Å²) in [6, 6.07) is 17.0. The number of carboxylic acids is 1. The number of urea groups is 1. The molecule has 7 nitrogen and oxygen atoms in total. The van der Waals surface area contributed by atoms with Crippen molar-refractivity contribution in [1.29, 1.82) is 0 Å². The number of anilines is 2. The van der Waals surface area contributed by atoms with E-state index in [0.29, 0.717) is 43.8 Å². The van der Waals surface area contributed by atoms with E-state index in [2.05, 4.69) is 30.4 Å². The minimum Gasteiger partial charge on any atom is -0.480 e. The van der Waals surface area contributed by atoms with Gasteiger partial charge in [-0.1, -0.05) is 78.4 Å². The van der Waals surface area contributed by atoms with Crippen LogP contribution in [0.5, 0.6) is 0 Å². The van der Waals surface area contributed by atoms with E-state index in [1.165, 1.54) is 11.0 Å². The highest BCUT2D eigenvalue weighted by atomic mass is 35.5. The fourth-order valence-electron chi connectivity index (χ4n) is 4.46. The Kier molecular flexibility index (Phi) is 10.2. The summed E-state index contributed by atoms with van der Waals surface area (Å²) in [7, 11) is 0. The van der Waals surface area contributed by atoms with E-state index in [4.69, 9.17) is 23.2 Å². The van der Waals surface area contributed by atoms with E-state index in [0.717, 1.165) is 11.1 Å². The lowest BCUT2D eigenvalue weighted by molar-refractivity contribution is -0.142. The first-order chi connectivity index (χ1) is 19.3. The van der Waals surface area contributed by atoms with Gasteiger partial charge in [-0.3, -0.25) is 9.69 Å².